The molecule has 0 aromatic heterocycles. The molecule has 2 atom stereocenters. The van der Waals surface area contributed by atoms with E-state index in [2.05, 4.69) is 18.7 Å². The summed E-state index contributed by atoms with van der Waals surface area (Å²) in [6, 6.07) is 0. The molecule has 5 nitrogen and oxygen atoms in total. The van der Waals surface area contributed by atoms with Crippen molar-refractivity contribution >= 4 is 23.6 Å². The van der Waals surface area contributed by atoms with Gasteiger partial charge in [-0.25, -0.2) is 4.79 Å². The smallest absolute Gasteiger partial charge is 0.352 e. The van der Waals surface area contributed by atoms with Gasteiger partial charge in [-0.1, -0.05) is 13.8 Å². The third-order valence-electron chi connectivity index (χ3n) is 3.15. The predicted molar refractivity (Wildman–Crippen MR) is 65.3 cm³/mol. The Morgan fingerprint density at radius 3 is 2.71 bits per heavy atom. The second-order valence-electron chi connectivity index (χ2n) is 4.03. The highest BCUT2D eigenvalue weighted by molar-refractivity contribution is 8.00. The van der Waals surface area contributed by atoms with Crippen molar-refractivity contribution in [1.82, 2.24) is 9.80 Å². The molecule has 2 rings (SSSR count). The van der Waals surface area contributed by atoms with Crippen molar-refractivity contribution in [3.63, 3.8) is 0 Å². The number of amides is 1. The van der Waals surface area contributed by atoms with Crippen LogP contribution in [-0.4, -0.2) is 50.6 Å². The Bertz CT molecular complexity index is 379. The molecule has 0 radical (unpaired) electrons. The van der Waals surface area contributed by atoms with Crippen molar-refractivity contribution in [1.29, 1.82) is 0 Å². The Kier molecular flexibility index (Phi) is 3.44. The topological polar surface area (TPSA) is 60.9 Å². The number of carbonyl (C=O) groups excluding carboxylic acids is 1. The molecular formula is C11H16N2O3S. The zero-order valence-electron chi connectivity index (χ0n) is 9.92. The standard InChI is InChI=1S/C11H16N2O3S/c1-3-12(4-2)9-5-7(11(15)16)13-8(14)6-10(13)17-9/h5,9-10H,3-4,6H2,1-2H3,(H,15,16)/t9?,10-/m1/s1. The van der Waals surface area contributed by atoms with Gasteiger partial charge in [0, 0.05) is 0 Å². The van der Waals surface area contributed by atoms with Crippen LogP contribution in [0.1, 0.15) is 20.3 Å². The van der Waals surface area contributed by atoms with Gasteiger partial charge in [0.2, 0.25) is 5.91 Å². The van der Waals surface area contributed by atoms with Crippen LogP contribution < -0.4 is 0 Å². The van der Waals surface area contributed by atoms with E-state index in [1.54, 1.807) is 17.8 Å². The molecule has 2 aliphatic heterocycles. The van der Waals surface area contributed by atoms with Gasteiger partial charge in [0.25, 0.3) is 0 Å². The van der Waals surface area contributed by atoms with E-state index < -0.39 is 5.97 Å². The summed E-state index contributed by atoms with van der Waals surface area (Å²) >= 11 is 1.65. The Hall–Kier alpha value is -1.01. The number of hydrogen-bond donors (Lipinski definition) is 1. The number of likely N-dealkylation sites (N-methyl/N-ethyl adjacent to an activating group) is 1. The summed E-state index contributed by atoms with van der Waals surface area (Å²) in [5.74, 6) is -1.10. The molecule has 6 heteroatoms. The minimum Gasteiger partial charge on any atom is -0.477 e. The van der Waals surface area contributed by atoms with Crippen LogP contribution in [0.2, 0.25) is 0 Å². The van der Waals surface area contributed by atoms with E-state index in [4.69, 9.17) is 5.11 Å². The highest BCUT2D eigenvalue weighted by Crippen LogP contribution is 2.41. The van der Waals surface area contributed by atoms with E-state index in [0.717, 1.165) is 13.1 Å². The van der Waals surface area contributed by atoms with Gasteiger partial charge in [-0.2, -0.15) is 0 Å². The zero-order chi connectivity index (χ0) is 12.6. The number of carboxylic acids is 1. The number of β-lactam (4-membered cyclic amide) rings is 1. The number of aliphatic carboxylic acids is 1. The molecule has 2 aliphatic rings. The average molecular weight is 256 g/mol. The van der Waals surface area contributed by atoms with Crippen molar-refractivity contribution in [2.24, 2.45) is 0 Å². The molecular weight excluding hydrogens is 240 g/mol. The first-order chi connectivity index (χ1) is 8.08. The number of fused-ring (bicyclic) bond motifs is 1. The number of carboxylic acid groups (broad SMARTS) is 1. The summed E-state index contributed by atoms with van der Waals surface area (Å²) in [4.78, 5) is 26.1. The van der Waals surface area contributed by atoms with E-state index in [1.807, 2.05) is 0 Å². The molecule has 94 valence electrons. The first kappa shape index (κ1) is 12.4. The fraction of sp³-hybridized carbons (Fsp3) is 0.636. The summed E-state index contributed by atoms with van der Waals surface area (Å²) in [7, 11) is 0. The maximum Gasteiger partial charge on any atom is 0.352 e. The van der Waals surface area contributed by atoms with Crippen LogP contribution >= 0.6 is 11.8 Å². The van der Waals surface area contributed by atoms with Gasteiger partial charge >= 0.3 is 5.97 Å². The number of thioether (sulfide) groups is 1. The average Bonchev–Trinajstić information content (AvgIpc) is 2.28. The maximum absolute atomic E-state index is 11.4. The maximum atomic E-state index is 11.4. The molecule has 0 saturated carbocycles. The van der Waals surface area contributed by atoms with Crippen LogP contribution in [0.25, 0.3) is 0 Å². The second kappa shape index (κ2) is 4.70. The Morgan fingerprint density at radius 2 is 2.24 bits per heavy atom. The van der Waals surface area contributed by atoms with Gasteiger partial charge < -0.3 is 5.11 Å². The number of carbonyl (C=O) groups is 2. The Morgan fingerprint density at radius 1 is 1.59 bits per heavy atom. The van der Waals surface area contributed by atoms with E-state index in [1.165, 1.54) is 4.90 Å². The van der Waals surface area contributed by atoms with Gasteiger partial charge in [-0.05, 0) is 19.2 Å². The monoisotopic (exact) mass is 256 g/mol. The molecule has 1 amide bonds. The molecule has 1 unspecified atom stereocenters. The SMILES string of the molecule is CCN(CC)C1C=C(C(=O)O)N2C(=O)C[C@H]2S1. The lowest BCUT2D eigenvalue weighted by atomic mass is 10.1. The Balaban J connectivity index is 2.24. The molecule has 2 heterocycles. The number of nitrogens with zero attached hydrogens (tertiary/aromatic N) is 2. The molecule has 17 heavy (non-hydrogen) atoms. The van der Waals surface area contributed by atoms with Crippen molar-refractivity contribution in [3.8, 4) is 0 Å². The fourth-order valence-electron chi connectivity index (χ4n) is 2.15. The third kappa shape index (κ3) is 2.07. The van der Waals surface area contributed by atoms with Crippen molar-refractivity contribution in [2.75, 3.05) is 13.1 Å². The van der Waals surface area contributed by atoms with Gasteiger partial charge in [0.15, 0.2) is 0 Å². The minimum atomic E-state index is -1.01. The summed E-state index contributed by atoms with van der Waals surface area (Å²) in [6.07, 6.45) is 2.14. The van der Waals surface area contributed by atoms with Crippen LogP contribution in [0.15, 0.2) is 11.8 Å². The molecule has 0 spiro atoms. The summed E-state index contributed by atoms with van der Waals surface area (Å²) in [5, 5.41) is 9.20. The van der Waals surface area contributed by atoms with Crippen molar-refractivity contribution in [3.05, 3.63) is 11.8 Å². The molecule has 1 fully saturated rings. The summed E-state index contributed by atoms with van der Waals surface area (Å²) in [6.45, 7) is 5.85. The predicted octanol–water partition coefficient (Wildman–Crippen LogP) is 0.928. The van der Waals surface area contributed by atoms with Gasteiger partial charge in [-0.3, -0.25) is 14.6 Å². The summed E-state index contributed by atoms with van der Waals surface area (Å²) in [5.41, 5.74) is 0.141. The van der Waals surface area contributed by atoms with Crippen molar-refractivity contribution in [2.45, 2.75) is 31.0 Å². The third-order valence-corrected chi connectivity index (χ3v) is 4.56. The first-order valence-electron chi connectivity index (χ1n) is 5.75. The molecule has 0 bridgehead atoms. The molecule has 1 saturated heterocycles. The molecule has 0 aromatic carbocycles. The highest BCUT2D eigenvalue weighted by atomic mass is 32.2. The van der Waals surface area contributed by atoms with Crippen LogP contribution in [0.3, 0.4) is 0 Å². The molecule has 1 N–H and O–H groups in total. The van der Waals surface area contributed by atoms with E-state index in [9.17, 15) is 9.59 Å². The number of hydrogen-bond acceptors (Lipinski definition) is 4. The lowest BCUT2D eigenvalue weighted by Gasteiger charge is -2.46. The van der Waals surface area contributed by atoms with E-state index in [-0.39, 0.29) is 22.4 Å². The highest BCUT2D eigenvalue weighted by Gasteiger charge is 2.46. The normalized spacial score (nSPS) is 27.6. The van der Waals surface area contributed by atoms with Gasteiger partial charge in [0.05, 0.1) is 17.2 Å². The van der Waals surface area contributed by atoms with E-state index >= 15 is 0 Å². The van der Waals surface area contributed by atoms with Crippen LogP contribution in [0.5, 0.6) is 0 Å². The van der Waals surface area contributed by atoms with Gasteiger partial charge in [-0.15, -0.1) is 11.8 Å². The second-order valence-corrected chi connectivity index (χ2v) is 5.33. The molecule has 0 aromatic rings. The van der Waals surface area contributed by atoms with Crippen LogP contribution in [-0.2, 0) is 9.59 Å². The zero-order valence-corrected chi connectivity index (χ0v) is 10.7. The number of rotatable bonds is 4. The van der Waals surface area contributed by atoms with Crippen LogP contribution in [0.4, 0.5) is 0 Å². The Labute approximate surface area is 104 Å². The quantitative estimate of drug-likeness (QED) is 0.758. The van der Waals surface area contributed by atoms with Gasteiger partial charge in [0.1, 0.15) is 5.70 Å². The van der Waals surface area contributed by atoms with E-state index in [0.29, 0.717) is 6.42 Å². The minimum absolute atomic E-state index is 0.00389. The largest absolute Gasteiger partial charge is 0.477 e. The lowest BCUT2D eigenvalue weighted by Crippen LogP contribution is -2.55. The van der Waals surface area contributed by atoms with Crippen LogP contribution in [0, 0.1) is 0 Å². The first-order valence-corrected chi connectivity index (χ1v) is 6.69. The molecule has 0 aliphatic carbocycles. The fourth-order valence-corrected chi connectivity index (χ4v) is 3.74. The summed E-state index contributed by atoms with van der Waals surface area (Å²) < 4.78 is 0. The lowest BCUT2D eigenvalue weighted by molar-refractivity contribution is -0.146. The van der Waals surface area contributed by atoms with Crippen molar-refractivity contribution < 1.29 is 14.7 Å².